The number of pyridine rings is 1. The summed E-state index contributed by atoms with van der Waals surface area (Å²) in [6.07, 6.45) is 2.27. The van der Waals surface area contributed by atoms with E-state index in [0.29, 0.717) is 24.1 Å². The molecule has 0 spiro atoms. The van der Waals surface area contributed by atoms with Crippen LogP contribution in [0.1, 0.15) is 40.0 Å². The average Bonchev–Trinajstić information content (AvgIpc) is 2.93. The topological polar surface area (TPSA) is 56.4 Å². The maximum Gasteiger partial charge on any atom is 0.261 e. The van der Waals surface area contributed by atoms with E-state index in [-0.39, 0.29) is 11.5 Å². The monoisotopic (exact) mass is 365 g/mol. The fourth-order valence-corrected chi connectivity index (χ4v) is 4.63. The molecule has 4 heterocycles. The minimum absolute atomic E-state index is 0.118. The van der Waals surface area contributed by atoms with Gasteiger partial charge in [0.1, 0.15) is 5.56 Å². The van der Waals surface area contributed by atoms with E-state index in [1.54, 1.807) is 0 Å². The Hall–Kier alpha value is -2.40. The van der Waals surface area contributed by atoms with Crippen molar-refractivity contribution in [1.82, 2.24) is 14.8 Å². The normalized spacial score (nSPS) is 22.7. The molecule has 1 N–H and O–H groups in total. The van der Waals surface area contributed by atoms with Gasteiger partial charge in [-0.15, -0.1) is 0 Å². The molecule has 3 aliphatic rings. The molecule has 3 fully saturated rings. The molecule has 5 heteroatoms. The van der Waals surface area contributed by atoms with Crippen LogP contribution in [0.3, 0.4) is 0 Å². The van der Waals surface area contributed by atoms with Crippen LogP contribution in [0, 0.1) is 19.8 Å². The maximum absolute atomic E-state index is 13.2. The molecule has 0 radical (unpaired) electrons. The van der Waals surface area contributed by atoms with Gasteiger partial charge in [-0.05, 0) is 49.8 Å². The highest BCUT2D eigenvalue weighted by Gasteiger charge is 2.37. The second kappa shape index (κ2) is 7.31. The van der Waals surface area contributed by atoms with Crippen LogP contribution in [-0.4, -0.2) is 46.4 Å². The zero-order valence-corrected chi connectivity index (χ0v) is 16.1. The Kier molecular flexibility index (Phi) is 4.87. The van der Waals surface area contributed by atoms with Crippen molar-refractivity contribution in [1.29, 1.82) is 0 Å². The van der Waals surface area contributed by atoms with E-state index in [2.05, 4.69) is 34.1 Å². The van der Waals surface area contributed by atoms with Crippen LogP contribution in [0.15, 0.2) is 41.2 Å². The van der Waals surface area contributed by atoms with Crippen molar-refractivity contribution >= 4 is 5.91 Å². The van der Waals surface area contributed by atoms with E-state index >= 15 is 0 Å². The summed E-state index contributed by atoms with van der Waals surface area (Å²) in [6.45, 7) is 7.09. The first-order valence-corrected chi connectivity index (χ1v) is 9.79. The lowest BCUT2D eigenvalue weighted by Crippen LogP contribution is -2.44. The van der Waals surface area contributed by atoms with Gasteiger partial charge in [-0.3, -0.25) is 14.5 Å². The molecule has 2 aromatic rings. The SMILES string of the molecule is Cc1cc(C)c(C(=O)N2C[C@@H]3CC[C@H](C2)N(Cc2ccccc2)C3)c(=O)[nH]1. The third kappa shape index (κ3) is 3.69. The summed E-state index contributed by atoms with van der Waals surface area (Å²) in [5, 5.41) is 0. The van der Waals surface area contributed by atoms with Crippen molar-refractivity contribution in [2.24, 2.45) is 5.92 Å². The van der Waals surface area contributed by atoms with Crippen LogP contribution in [0.2, 0.25) is 0 Å². The molecule has 2 bridgehead atoms. The molecule has 142 valence electrons. The molecule has 27 heavy (non-hydrogen) atoms. The first-order chi connectivity index (χ1) is 13.0. The number of aromatic nitrogens is 1. The zero-order valence-electron chi connectivity index (χ0n) is 16.1. The number of aromatic amines is 1. The Labute approximate surface area is 160 Å². The van der Waals surface area contributed by atoms with Gasteiger partial charge in [0.2, 0.25) is 0 Å². The lowest BCUT2D eigenvalue weighted by Gasteiger charge is -2.36. The minimum Gasteiger partial charge on any atom is -0.337 e. The number of hydrogen-bond donors (Lipinski definition) is 1. The third-order valence-corrected chi connectivity index (χ3v) is 5.92. The van der Waals surface area contributed by atoms with Crippen LogP contribution >= 0.6 is 0 Å². The number of benzene rings is 1. The Bertz CT molecular complexity index is 890. The lowest BCUT2D eigenvalue weighted by molar-refractivity contribution is 0.0733. The van der Waals surface area contributed by atoms with Crippen LogP contribution in [0.5, 0.6) is 0 Å². The quantitative estimate of drug-likeness (QED) is 0.910. The van der Waals surface area contributed by atoms with E-state index in [9.17, 15) is 9.59 Å². The van der Waals surface area contributed by atoms with Crippen molar-refractivity contribution in [2.45, 2.75) is 39.3 Å². The fourth-order valence-electron chi connectivity index (χ4n) is 4.63. The summed E-state index contributed by atoms with van der Waals surface area (Å²) in [5.41, 5.74) is 2.90. The van der Waals surface area contributed by atoms with Crippen molar-refractivity contribution in [3.63, 3.8) is 0 Å². The van der Waals surface area contributed by atoms with E-state index < -0.39 is 0 Å². The number of piperidine rings is 1. The number of carbonyl (C=O) groups is 1. The number of aryl methyl sites for hydroxylation is 2. The Morgan fingerprint density at radius 1 is 1.11 bits per heavy atom. The molecule has 0 aliphatic carbocycles. The van der Waals surface area contributed by atoms with Gasteiger partial charge in [0, 0.05) is 37.9 Å². The van der Waals surface area contributed by atoms with Crippen LogP contribution in [0.4, 0.5) is 0 Å². The van der Waals surface area contributed by atoms with E-state index in [1.807, 2.05) is 30.9 Å². The highest BCUT2D eigenvalue weighted by molar-refractivity contribution is 5.95. The molecule has 5 nitrogen and oxygen atoms in total. The predicted molar refractivity (Wildman–Crippen MR) is 106 cm³/mol. The second-order valence-electron chi connectivity index (χ2n) is 8.06. The zero-order chi connectivity index (χ0) is 19.0. The molecule has 3 aliphatic heterocycles. The van der Waals surface area contributed by atoms with E-state index in [4.69, 9.17) is 0 Å². The number of nitrogens with zero attached hydrogens (tertiary/aromatic N) is 2. The molecule has 1 amide bonds. The Morgan fingerprint density at radius 3 is 2.63 bits per heavy atom. The van der Waals surface area contributed by atoms with Gasteiger partial charge in [-0.2, -0.15) is 0 Å². The molecule has 1 aromatic carbocycles. The first-order valence-electron chi connectivity index (χ1n) is 9.79. The van der Waals surface area contributed by atoms with E-state index in [0.717, 1.165) is 43.7 Å². The number of fused-ring (bicyclic) bond motifs is 4. The lowest BCUT2D eigenvalue weighted by atomic mass is 9.94. The minimum atomic E-state index is -0.268. The molecular formula is C22H27N3O2. The predicted octanol–water partition coefficient (Wildman–Crippen LogP) is 2.73. The van der Waals surface area contributed by atoms with Crippen molar-refractivity contribution in [2.75, 3.05) is 19.6 Å². The van der Waals surface area contributed by atoms with Crippen molar-refractivity contribution in [3.8, 4) is 0 Å². The standard InChI is InChI=1S/C22H27N3O2/c1-15-10-16(2)23-21(26)20(15)22(27)25-13-18-8-9-19(14-25)24(12-18)11-17-6-4-3-5-7-17/h3-7,10,18-19H,8-9,11-14H2,1-2H3,(H,23,26)/t18-,19-/m1/s1. The molecule has 0 saturated carbocycles. The van der Waals surface area contributed by atoms with Gasteiger partial charge in [0.15, 0.2) is 0 Å². The fraction of sp³-hybridized carbons (Fsp3) is 0.455. The summed E-state index contributed by atoms with van der Waals surface area (Å²) in [5.74, 6) is 0.355. The number of carbonyl (C=O) groups excluding carboxylic acids is 1. The number of H-pyrrole nitrogens is 1. The number of hydrogen-bond acceptors (Lipinski definition) is 3. The van der Waals surface area contributed by atoms with Crippen LogP contribution in [-0.2, 0) is 6.54 Å². The first kappa shape index (κ1) is 18.0. The van der Waals surface area contributed by atoms with Gasteiger partial charge in [-0.1, -0.05) is 30.3 Å². The van der Waals surface area contributed by atoms with Gasteiger partial charge in [0.05, 0.1) is 0 Å². The summed E-state index contributed by atoms with van der Waals surface area (Å²) < 4.78 is 0. The molecule has 0 unspecified atom stereocenters. The molecule has 2 atom stereocenters. The van der Waals surface area contributed by atoms with E-state index in [1.165, 1.54) is 5.56 Å². The molecule has 3 saturated heterocycles. The Morgan fingerprint density at radius 2 is 1.89 bits per heavy atom. The second-order valence-corrected chi connectivity index (χ2v) is 8.06. The molecule has 1 aromatic heterocycles. The molecule has 5 rings (SSSR count). The van der Waals surface area contributed by atoms with Gasteiger partial charge < -0.3 is 9.88 Å². The smallest absolute Gasteiger partial charge is 0.261 e. The van der Waals surface area contributed by atoms with Crippen LogP contribution < -0.4 is 5.56 Å². The average molecular weight is 365 g/mol. The highest BCUT2D eigenvalue weighted by Crippen LogP contribution is 2.30. The summed E-state index contributed by atoms with van der Waals surface area (Å²) in [7, 11) is 0. The van der Waals surface area contributed by atoms with Gasteiger partial charge in [-0.25, -0.2) is 0 Å². The number of nitrogens with one attached hydrogen (secondary N) is 1. The highest BCUT2D eigenvalue weighted by atomic mass is 16.2. The van der Waals surface area contributed by atoms with Crippen molar-refractivity contribution < 1.29 is 4.79 Å². The Balaban J connectivity index is 1.55. The van der Waals surface area contributed by atoms with Crippen molar-refractivity contribution in [3.05, 3.63) is 69.1 Å². The van der Waals surface area contributed by atoms with Crippen LogP contribution in [0.25, 0.3) is 0 Å². The maximum atomic E-state index is 13.2. The summed E-state index contributed by atoms with van der Waals surface area (Å²) in [6, 6.07) is 12.8. The summed E-state index contributed by atoms with van der Waals surface area (Å²) >= 11 is 0. The van der Waals surface area contributed by atoms with Gasteiger partial charge >= 0.3 is 0 Å². The molecular weight excluding hydrogens is 338 g/mol. The largest absolute Gasteiger partial charge is 0.337 e. The number of rotatable bonds is 3. The third-order valence-electron chi connectivity index (χ3n) is 5.92. The number of amides is 1. The van der Waals surface area contributed by atoms with Gasteiger partial charge in [0.25, 0.3) is 11.5 Å². The summed E-state index contributed by atoms with van der Waals surface area (Å²) in [4.78, 5) is 32.8.